The van der Waals surface area contributed by atoms with Crippen molar-refractivity contribution in [1.29, 1.82) is 0 Å². The van der Waals surface area contributed by atoms with Crippen molar-refractivity contribution >= 4 is 62.6 Å². The lowest BCUT2D eigenvalue weighted by Crippen LogP contribution is -2.41. The number of primary amides is 1. The molecule has 0 spiro atoms. The number of fused-ring (bicyclic) bond motifs is 2. The van der Waals surface area contributed by atoms with Crippen molar-refractivity contribution in [3.63, 3.8) is 0 Å². The van der Waals surface area contributed by atoms with Gasteiger partial charge in [-0.1, -0.05) is 29.2 Å². The number of aromatic nitrogens is 1. The highest BCUT2D eigenvalue weighted by Crippen LogP contribution is 2.53. The first-order valence-electron chi connectivity index (χ1n) is 11.7. The monoisotopic (exact) mass is 619 g/mol. The number of thiazole rings is 1. The summed E-state index contributed by atoms with van der Waals surface area (Å²) in [5.74, 6) is -4.39. The van der Waals surface area contributed by atoms with Crippen LogP contribution in [0.25, 0.3) is 0 Å². The van der Waals surface area contributed by atoms with Gasteiger partial charge in [0.15, 0.2) is 11.5 Å². The molecular weight excluding hydrogens is 598 g/mol. The number of phenolic OH excluding ortho intramolecular Hbond substituents is 1. The van der Waals surface area contributed by atoms with Gasteiger partial charge in [0.05, 0.1) is 22.9 Å². The molecule has 5 rings (SSSR count). The third kappa shape index (κ3) is 4.96. The number of rotatable bonds is 6. The van der Waals surface area contributed by atoms with E-state index < -0.39 is 62.3 Å². The second-order valence-corrected chi connectivity index (χ2v) is 12.7. The number of imide groups is 3. The summed E-state index contributed by atoms with van der Waals surface area (Å²) in [5.41, 5.74) is 6.00. The van der Waals surface area contributed by atoms with Gasteiger partial charge in [-0.25, -0.2) is 18.4 Å². The summed E-state index contributed by atoms with van der Waals surface area (Å²) in [6.45, 7) is -0.473. The summed E-state index contributed by atoms with van der Waals surface area (Å²) < 4.78 is 29.3. The smallest absolute Gasteiger partial charge is 0.328 e. The number of methoxy groups -OCH3 is 1. The van der Waals surface area contributed by atoms with Crippen molar-refractivity contribution in [3.05, 3.63) is 62.6 Å². The molecule has 6 N–H and O–H groups in total. The highest BCUT2D eigenvalue weighted by atomic mass is 32.2. The number of phenols is 1. The number of benzene rings is 2. The Morgan fingerprint density at radius 1 is 1.10 bits per heavy atom. The Kier molecular flexibility index (Phi) is 7.14. The van der Waals surface area contributed by atoms with Crippen LogP contribution in [0.4, 0.5) is 10.5 Å². The van der Waals surface area contributed by atoms with E-state index in [-0.39, 0.29) is 27.1 Å². The fourth-order valence-electron chi connectivity index (χ4n) is 4.79. The Labute approximate surface area is 239 Å². The number of hydrogen-bond donors (Lipinski definition) is 4. The highest BCUT2D eigenvalue weighted by molar-refractivity contribution is 8.00. The van der Waals surface area contributed by atoms with Gasteiger partial charge in [0.2, 0.25) is 21.8 Å². The average molecular weight is 620 g/mol. The van der Waals surface area contributed by atoms with E-state index in [2.05, 4.69) is 5.32 Å². The van der Waals surface area contributed by atoms with E-state index in [1.54, 1.807) is 0 Å². The zero-order valence-corrected chi connectivity index (χ0v) is 23.4. The van der Waals surface area contributed by atoms with Crippen molar-refractivity contribution in [2.45, 2.75) is 27.6 Å². The third-order valence-corrected chi connectivity index (χ3v) is 10.1. The number of aromatic hydroxyl groups is 1. The molecule has 2 aliphatic heterocycles. The van der Waals surface area contributed by atoms with Crippen LogP contribution in [-0.2, 0) is 31.0 Å². The molecule has 2 aromatic carbocycles. The number of carbonyl (C=O) groups excluding carboxylic acids is 4. The lowest BCUT2D eigenvalue weighted by atomic mass is 9.83. The van der Waals surface area contributed by atoms with Gasteiger partial charge in [-0.2, -0.15) is 4.90 Å². The second-order valence-electron chi connectivity index (χ2n) is 9.06. The molecule has 1 aromatic heterocycles. The fraction of sp³-hybridized carbons (Fsp3) is 0.208. The first kappa shape index (κ1) is 28.3. The maximum Gasteiger partial charge on any atom is 0.328 e. The number of anilines is 1. The van der Waals surface area contributed by atoms with Crippen LogP contribution in [0.5, 0.6) is 11.5 Å². The van der Waals surface area contributed by atoms with Crippen molar-refractivity contribution in [2.24, 2.45) is 16.8 Å². The molecule has 214 valence electrons. The molecule has 2 aliphatic rings. The molecular formula is C24H21N5O9S3. The van der Waals surface area contributed by atoms with E-state index in [1.807, 2.05) is 0 Å². The third-order valence-electron chi connectivity index (χ3n) is 6.60. The molecule has 0 radical (unpaired) electrons. The lowest BCUT2D eigenvalue weighted by molar-refractivity contribution is -0.135. The summed E-state index contributed by atoms with van der Waals surface area (Å²) in [6, 6.07) is 8.17. The van der Waals surface area contributed by atoms with Crippen molar-refractivity contribution < 1.29 is 37.4 Å². The number of carbonyl (C=O) groups is 4. The predicted molar refractivity (Wildman–Crippen MR) is 146 cm³/mol. The molecule has 0 saturated carbocycles. The van der Waals surface area contributed by atoms with Gasteiger partial charge in [-0.3, -0.25) is 23.7 Å². The first-order valence-corrected chi connectivity index (χ1v) is 14.9. The van der Waals surface area contributed by atoms with Gasteiger partial charge in [0.25, 0.3) is 5.91 Å². The highest BCUT2D eigenvalue weighted by Gasteiger charge is 2.58. The molecule has 3 atom stereocenters. The van der Waals surface area contributed by atoms with Gasteiger partial charge in [0, 0.05) is 16.5 Å². The number of ether oxygens (including phenoxy) is 1. The summed E-state index contributed by atoms with van der Waals surface area (Å²) in [5, 5.41) is 16.9. The van der Waals surface area contributed by atoms with Crippen molar-refractivity contribution in [1.82, 2.24) is 9.47 Å². The average Bonchev–Trinajstić information content (AvgIpc) is 3.35. The van der Waals surface area contributed by atoms with Crippen LogP contribution in [-0.4, -0.2) is 59.1 Å². The summed E-state index contributed by atoms with van der Waals surface area (Å²) in [7, 11) is -2.60. The Morgan fingerprint density at radius 3 is 2.39 bits per heavy atom. The van der Waals surface area contributed by atoms with E-state index in [4.69, 9.17) is 15.6 Å². The van der Waals surface area contributed by atoms with Gasteiger partial charge >= 0.3 is 10.9 Å². The number of primary sulfonamides is 1. The summed E-state index contributed by atoms with van der Waals surface area (Å²) in [6.07, 6.45) is 0. The number of amides is 5. The standard InChI is InChI=1S/C24H21N5O9S3/c1-38-14-8-10(2-7-13(14)30)16-17-18(21(33)29(20(17)32)23(25)34)39-22-19(16)40-24(35)28(22)9-15(31)27-11-3-5-12(6-4-11)41(26,36)37/h2-8,16-18,30H,9H2,1H3,(H2,25,34)(H,27,31)(H2,26,36,37)/t16-,17+,18-/m0/s1. The van der Waals surface area contributed by atoms with Gasteiger partial charge < -0.3 is 20.9 Å². The minimum Gasteiger partial charge on any atom is -0.504 e. The van der Waals surface area contributed by atoms with Crippen LogP contribution in [0.2, 0.25) is 0 Å². The number of thioether (sulfide) groups is 1. The van der Waals surface area contributed by atoms with Crippen LogP contribution in [0.3, 0.4) is 0 Å². The van der Waals surface area contributed by atoms with Gasteiger partial charge in [0.1, 0.15) is 11.8 Å². The number of hydrogen-bond acceptors (Lipinski definition) is 11. The van der Waals surface area contributed by atoms with Crippen LogP contribution in [0, 0.1) is 5.92 Å². The molecule has 1 fully saturated rings. The van der Waals surface area contributed by atoms with E-state index in [0.29, 0.717) is 15.3 Å². The molecule has 41 heavy (non-hydrogen) atoms. The zero-order valence-electron chi connectivity index (χ0n) is 21.0. The molecule has 14 nitrogen and oxygen atoms in total. The molecule has 0 unspecified atom stereocenters. The largest absolute Gasteiger partial charge is 0.504 e. The van der Waals surface area contributed by atoms with E-state index in [9.17, 15) is 37.5 Å². The minimum absolute atomic E-state index is 0.0852. The van der Waals surface area contributed by atoms with Gasteiger partial charge in [-0.05, 0) is 42.0 Å². The molecule has 5 amide bonds. The SMILES string of the molecule is COc1cc([C@@H]2c3sc(=O)n(CC(=O)Nc4ccc(S(N)(=O)=O)cc4)c3S[C@@H]3C(=O)N(C(N)=O)C(=O)[C@H]23)ccc1O. The van der Waals surface area contributed by atoms with Crippen LogP contribution in [0.1, 0.15) is 16.4 Å². The second kappa shape index (κ2) is 10.3. The summed E-state index contributed by atoms with van der Waals surface area (Å²) in [4.78, 5) is 64.5. The number of nitrogens with zero attached hydrogens (tertiary/aromatic N) is 2. The molecule has 0 bridgehead atoms. The maximum absolute atomic E-state index is 13.3. The topological polar surface area (TPSA) is 221 Å². The molecule has 1 saturated heterocycles. The number of nitrogens with one attached hydrogen (secondary N) is 1. The Bertz CT molecular complexity index is 1780. The molecule has 3 heterocycles. The van der Waals surface area contributed by atoms with E-state index in [1.165, 1.54) is 49.6 Å². The number of urea groups is 1. The zero-order chi connectivity index (χ0) is 29.8. The number of likely N-dealkylation sites (tertiary alicyclic amines) is 1. The Balaban J connectivity index is 1.54. The first-order chi connectivity index (χ1) is 19.3. The van der Waals surface area contributed by atoms with Gasteiger partial charge in [-0.15, -0.1) is 0 Å². The fourth-order valence-corrected chi connectivity index (χ4v) is 8.08. The summed E-state index contributed by atoms with van der Waals surface area (Å²) >= 11 is 1.66. The number of sulfonamides is 1. The molecule has 17 heteroatoms. The Morgan fingerprint density at radius 2 is 1.78 bits per heavy atom. The minimum atomic E-state index is -3.93. The molecule has 3 aromatic rings. The lowest BCUT2D eigenvalue weighted by Gasteiger charge is -2.30. The van der Waals surface area contributed by atoms with Crippen LogP contribution < -0.4 is 25.8 Å². The van der Waals surface area contributed by atoms with Crippen molar-refractivity contribution in [2.75, 3.05) is 12.4 Å². The number of nitrogens with two attached hydrogens (primary N) is 2. The van der Waals surface area contributed by atoms with E-state index in [0.717, 1.165) is 27.7 Å². The normalized spacial score (nSPS) is 20.0. The predicted octanol–water partition coefficient (Wildman–Crippen LogP) is 0.580. The Hall–Kier alpha value is -4.19. The molecule has 0 aliphatic carbocycles. The van der Waals surface area contributed by atoms with Crippen LogP contribution in [0.15, 0.2) is 57.2 Å². The quantitative estimate of drug-likeness (QED) is 0.281. The maximum atomic E-state index is 13.3. The van der Waals surface area contributed by atoms with E-state index >= 15 is 0 Å². The van der Waals surface area contributed by atoms with Crippen molar-refractivity contribution in [3.8, 4) is 11.5 Å². The van der Waals surface area contributed by atoms with Crippen LogP contribution >= 0.6 is 23.1 Å².